The van der Waals surface area contributed by atoms with Crippen LogP contribution >= 0.6 is 11.8 Å². The molecule has 1 amide bonds. The van der Waals surface area contributed by atoms with Crippen molar-refractivity contribution in [2.75, 3.05) is 13.1 Å². The Labute approximate surface area is 158 Å². The van der Waals surface area contributed by atoms with Gasteiger partial charge in [-0.3, -0.25) is 9.59 Å². The monoisotopic (exact) mass is 395 g/mol. The van der Waals surface area contributed by atoms with Crippen LogP contribution < -0.4 is 0 Å². The van der Waals surface area contributed by atoms with Crippen LogP contribution in [-0.4, -0.2) is 41.1 Å². The molecule has 4 nitrogen and oxygen atoms in total. The third kappa shape index (κ3) is 3.66. The van der Waals surface area contributed by atoms with Crippen molar-refractivity contribution in [3.05, 3.63) is 60.2 Å². The first-order valence-corrected chi connectivity index (χ1v) is 8.97. The van der Waals surface area contributed by atoms with Gasteiger partial charge in [0.25, 0.3) is 5.91 Å². The SMILES string of the molecule is O=C(c1ccccc1Sc1ccccc1)N1CCC(C(=O)O)(C(F)(F)F)C1. The van der Waals surface area contributed by atoms with E-state index < -0.39 is 36.4 Å². The van der Waals surface area contributed by atoms with Crippen molar-refractivity contribution >= 4 is 23.6 Å². The van der Waals surface area contributed by atoms with Crippen molar-refractivity contribution in [2.24, 2.45) is 5.41 Å². The van der Waals surface area contributed by atoms with Gasteiger partial charge >= 0.3 is 12.1 Å². The summed E-state index contributed by atoms with van der Waals surface area (Å²) in [5.74, 6) is -2.54. The molecule has 3 rings (SSSR count). The lowest BCUT2D eigenvalue weighted by atomic mass is 9.86. The van der Waals surface area contributed by atoms with E-state index in [4.69, 9.17) is 5.11 Å². The van der Waals surface area contributed by atoms with E-state index in [1.54, 1.807) is 24.3 Å². The number of carbonyl (C=O) groups excluding carboxylic acids is 1. The molecule has 0 bridgehead atoms. The Morgan fingerprint density at radius 1 is 1.04 bits per heavy atom. The number of halogens is 3. The summed E-state index contributed by atoms with van der Waals surface area (Å²) in [6.45, 7) is -1.13. The maximum atomic E-state index is 13.3. The fraction of sp³-hybridized carbons (Fsp3) is 0.263. The highest BCUT2D eigenvalue weighted by Crippen LogP contribution is 2.46. The van der Waals surface area contributed by atoms with Crippen molar-refractivity contribution in [2.45, 2.75) is 22.4 Å². The Kier molecular flexibility index (Phi) is 5.19. The standard InChI is InChI=1S/C19H16F3NO3S/c20-19(21,22)18(17(25)26)10-11-23(12-18)16(24)14-8-4-5-9-15(14)27-13-6-2-1-3-7-13/h1-9H,10-12H2,(H,25,26). The van der Waals surface area contributed by atoms with Crippen LogP contribution in [0.1, 0.15) is 16.8 Å². The molecule has 1 fully saturated rings. The average Bonchev–Trinajstić information content (AvgIpc) is 3.09. The number of carboxylic acid groups (broad SMARTS) is 1. The number of alkyl halides is 3. The Morgan fingerprint density at radius 2 is 1.67 bits per heavy atom. The average molecular weight is 395 g/mol. The van der Waals surface area contributed by atoms with Crippen LogP contribution in [0.4, 0.5) is 13.2 Å². The molecular formula is C19H16F3NO3S. The van der Waals surface area contributed by atoms with E-state index in [2.05, 4.69) is 0 Å². The van der Waals surface area contributed by atoms with Crippen molar-refractivity contribution in [1.82, 2.24) is 4.90 Å². The first-order valence-electron chi connectivity index (χ1n) is 8.16. The number of carboxylic acids is 1. The summed E-state index contributed by atoms with van der Waals surface area (Å²) in [7, 11) is 0. The molecular weight excluding hydrogens is 379 g/mol. The number of hydrogen-bond acceptors (Lipinski definition) is 3. The molecule has 1 heterocycles. The van der Waals surface area contributed by atoms with E-state index in [1.165, 1.54) is 11.8 Å². The molecule has 1 saturated heterocycles. The van der Waals surface area contributed by atoms with Gasteiger partial charge in [0, 0.05) is 22.9 Å². The second-order valence-corrected chi connectivity index (χ2v) is 7.39. The zero-order chi connectivity index (χ0) is 19.7. The number of carbonyl (C=O) groups is 2. The highest BCUT2D eigenvalue weighted by Gasteiger charge is 2.64. The van der Waals surface area contributed by atoms with Gasteiger partial charge in [-0.1, -0.05) is 42.1 Å². The molecule has 0 aliphatic carbocycles. The molecule has 142 valence electrons. The van der Waals surface area contributed by atoms with Crippen molar-refractivity contribution in [3.8, 4) is 0 Å². The van der Waals surface area contributed by atoms with Crippen LogP contribution in [0, 0.1) is 5.41 Å². The quantitative estimate of drug-likeness (QED) is 0.838. The normalized spacial score (nSPS) is 19.9. The van der Waals surface area contributed by atoms with Gasteiger partial charge < -0.3 is 10.0 Å². The summed E-state index contributed by atoms with van der Waals surface area (Å²) >= 11 is 1.33. The summed E-state index contributed by atoms with van der Waals surface area (Å²) in [6, 6.07) is 15.9. The number of likely N-dealkylation sites (tertiary alicyclic amines) is 1. The summed E-state index contributed by atoms with van der Waals surface area (Å²) in [4.78, 5) is 26.6. The molecule has 1 N–H and O–H groups in total. The lowest BCUT2D eigenvalue weighted by Crippen LogP contribution is -2.47. The molecule has 0 spiro atoms. The fourth-order valence-corrected chi connectivity index (χ4v) is 3.99. The minimum Gasteiger partial charge on any atom is -0.481 e. The van der Waals surface area contributed by atoms with Crippen molar-refractivity contribution < 1.29 is 27.9 Å². The molecule has 1 aliphatic rings. The number of hydrogen-bond donors (Lipinski definition) is 1. The summed E-state index contributed by atoms with van der Waals surface area (Å²) < 4.78 is 40.0. The van der Waals surface area contributed by atoms with Crippen LogP contribution in [0.25, 0.3) is 0 Å². The first kappa shape index (κ1) is 19.3. The zero-order valence-corrected chi connectivity index (χ0v) is 14.9. The highest BCUT2D eigenvalue weighted by atomic mass is 32.2. The topological polar surface area (TPSA) is 57.6 Å². The van der Waals surface area contributed by atoms with E-state index in [0.717, 1.165) is 9.80 Å². The third-order valence-corrected chi connectivity index (χ3v) is 5.68. The van der Waals surface area contributed by atoms with Gasteiger partial charge in [-0.05, 0) is 30.7 Å². The molecule has 1 unspecified atom stereocenters. The molecule has 0 radical (unpaired) electrons. The van der Waals surface area contributed by atoms with Crippen LogP contribution in [-0.2, 0) is 4.79 Å². The highest BCUT2D eigenvalue weighted by molar-refractivity contribution is 7.99. The van der Waals surface area contributed by atoms with E-state index in [1.807, 2.05) is 30.3 Å². The Bertz CT molecular complexity index is 857. The van der Waals surface area contributed by atoms with Gasteiger partial charge in [-0.15, -0.1) is 0 Å². The number of nitrogens with zero attached hydrogens (tertiary/aromatic N) is 1. The number of aliphatic carboxylic acids is 1. The molecule has 2 aromatic carbocycles. The third-order valence-electron chi connectivity index (χ3n) is 4.60. The first-order chi connectivity index (χ1) is 12.7. The predicted molar refractivity (Wildman–Crippen MR) is 93.7 cm³/mol. The van der Waals surface area contributed by atoms with Crippen molar-refractivity contribution in [1.29, 1.82) is 0 Å². The fourth-order valence-electron chi connectivity index (χ4n) is 3.03. The van der Waals surface area contributed by atoms with Crippen LogP contribution in [0.15, 0.2) is 64.4 Å². The molecule has 8 heteroatoms. The van der Waals surface area contributed by atoms with Gasteiger partial charge in [0.2, 0.25) is 0 Å². The minimum absolute atomic E-state index is 0.255. The molecule has 1 atom stereocenters. The van der Waals surface area contributed by atoms with Gasteiger partial charge in [-0.25, -0.2) is 0 Å². The summed E-state index contributed by atoms with van der Waals surface area (Å²) in [6.07, 6.45) is -5.57. The Balaban J connectivity index is 1.86. The minimum atomic E-state index is -4.92. The zero-order valence-electron chi connectivity index (χ0n) is 14.1. The predicted octanol–water partition coefficient (Wildman–Crippen LogP) is 4.32. The maximum absolute atomic E-state index is 13.3. The summed E-state index contributed by atoms with van der Waals surface area (Å²) in [5.41, 5.74) is -2.65. The summed E-state index contributed by atoms with van der Waals surface area (Å²) in [5, 5.41) is 9.16. The van der Waals surface area contributed by atoms with Crippen LogP contribution in [0.2, 0.25) is 0 Å². The van der Waals surface area contributed by atoms with Gasteiger partial charge in [0.15, 0.2) is 5.41 Å². The number of rotatable bonds is 4. The lowest BCUT2D eigenvalue weighted by molar-refractivity contribution is -0.227. The molecule has 0 aromatic heterocycles. The number of benzene rings is 2. The molecule has 1 aliphatic heterocycles. The van der Waals surface area contributed by atoms with E-state index >= 15 is 0 Å². The van der Waals surface area contributed by atoms with Gasteiger partial charge in [0.1, 0.15) is 0 Å². The van der Waals surface area contributed by atoms with Gasteiger partial charge in [-0.2, -0.15) is 13.2 Å². The number of amides is 1. The van der Waals surface area contributed by atoms with Gasteiger partial charge in [0.05, 0.1) is 5.56 Å². The second-order valence-electron chi connectivity index (χ2n) is 6.27. The smallest absolute Gasteiger partial charge is 0.406 e. The van der Waals surface area contributed by atoms with Crippen LogP contribution in [0.3, 0.4) is 0 Å². The molecule has 0 saturated carbocycles. The molecule has 2 aromatic rings. The maximum Gasteiger partial charge on any atom is 0.406 e. The Morgan fingerprint density at radius 3 is 2.26 bits per heavy atom. The molecule has 27 heavy (non-hydrogen) atoms. The van der Waals surface area contributed by atoms with E-state index in [9.17, 15) is 22.8 Å². The largest absolute Gasteiger partial charge is 0.481 e. The van der Waals surface area contributed by atoms with Crippen LogP contribution in [0.5, 0.6) is 0 Å². The van der Waals surface area contributed by atoms with E-state index in [0.29, 0.717) is 4.90 Å². The Hall–Kier alpha value is -2.48. The van der Waals surface area contributed by atoms with E-state index in [-0.39, 0.29) is 12.1 Å². The second kappa shape index (κ2) is 7.26. The lowest BCUT2D eigenvalue weighted by Gasteiger charge is -2.27. The van der Waals surface area contributed by atoms with Crippen molar-refractivity contribution in [3.63, 3.8) is 0 Å².